The molecule has 2 aromatic rings. The molecule has 4 atom stereocenters. The molecular formula is C24H24N6O4. The molecule has 4 unspecified atom stereocenters. The van der Waals surface area contributed by atoms with Gasteiger partial charge in [-0.05, 0) is 11.1 Å². The molecule has 0 spiro atoms. The molecule has 4 amide bonds. The van der Waals surface area contributed by atoms with Crippen molar-refractivity contribution in [1.82, 2.24) is 21.5 Å². The van der Waals surface area contributed by atoms with Crippen molar-refractivity contribution in [2.75, 3.05) is 13.1 Å². The number of carbonyl (C=O) groups excluding carboxylic acids is 4. The molecule has 2 saturated heterocycles. The van der Waals surface area contributed by atoms with Crippen molar-refractivity contribution in [2.45, 2.75) is 11.8 Å². The van der Waals surface area contributed by atoms with Gasteiger partial charge in [0.15, 0.2) is 0 Å². The average molecular weight is 460 g/mol. The lowest BCUT2D eigenvalue weighted by Gasteiger charge is -2.15. The second-order valence-electron chi connectivity index (χ2n) is 7.99. The van der Waals surface area contributed by atoms with Crippen LogP contribution in [-0.2, 0) is 19.2 Å². The number of hydrogen-bond donors (Lipinski definition) is 4. The Bertz CT molecular complexity index is 1030. The fourth-order valence-corrected chi connectivity index (χ4v) is 4.27. The smallest absolute Gasteiger partial charge is 0.253 e. The van der Waals surface area contributed by atoms with Gasteiger partial charge < -0.3 is 10.6 Å². The minimum Gasteiger partial charge on any atom is -0.355 e. The van der Waals surface area contributed by atoms with Crippen LogP contribution in [0.5, 0.6) is 0 Å². The number of hydrogen-bond acceptors (Lipinski definition) is 6. The van der Waals surface area contributed by atoms with Gasteiger partial charge in [-0.2, -0.15) is 10.2 Å². The summed E-state index contributed by atoms with van der Waals surface area (Å²) in [4.78, 5) is 49.4. The van der Waals surface area contributed by atoms with Crippen molar-refractivity contribution in [3.8, 4) is 0 Å². The molecule has 0 saturated carbocycles. The molecule has 2 fully saturated rings. The highest BCUT2D eigenvalue weighted by Gasteiger charge is 2.41. The van der Waals surface area contributed by atoms with Gasteiger partial charge in [0.2, 0.25) is 11.8 Å². The number of benzene rings is 2. The van der Waals surface area contributed by atoms with Gasteiger partial charge in [-0.15, -0.1) is 0 Å². The Morgan fingerprint density at radius 2 is 1.09 bits per heavy atom. The van der Waals surface area contributed by atoms with Crippen LogP contribution in [0.2, 0.25) is 0 Å². The fraction of sp³-hybridized carbons (Fsp3) is 0.250. The third-order valence-corrected chi connectivity index (χ3v) is 5.95. The van der Waals surface area contributed by atoms with Crippen LogP contribution in [0.1, 0.15) is 23.0 Å². The van der Waals surface area contributed by atoms with Gasteiger partial charge in [0.25, 0.3) is 11.8 Å². The summed E-state index contributed by atoms with van der Waals surface area (Å²) in [5.74, 6) is -4.15. The van der Waals surface area contributed by atoms with E-state index in [0.717, 1.165) is 11.1 Å². The van der Waals surface area contributed by atoms with Crippen LogP contribution in [0.25, 0.3) is 0 Å². The van der Waals surface area contributed by atoms with E-state index in [4.69, 9.17) is 0 Å². The molecule has 10 nitrogen and oxygen atoms in total. The van der Waals surface area contributed by atoms with Crippen LogP contribution in [0.3, 0.4) is 0 Å². The predicted octanol–water partition coefficient (Wildman–Crippen LogP) is 0.250. The number of carbonyl (C=O) groups is 4. The number of hydrazone groups is 2. The van der Waals surface area contributed by atoms with Crippen LogP contribution < -0.4 is 21.5 Å². The van der Waals surface area contributed by atoms with E-state index in [0.29, 0.717) is 13.1 Å². The van der Waals surface area contributed by atoms with Gasteiger partial charge in [-0.25, -0.2) is 10.9 Å². The van der Waals surface area contributed by atoms with E-state index in [2.05, 4.69) is 31.7 Å². The maximum Gasteiger partial charge on any atom is 0.253 e. The Balaban J connectivity index is 1.29. The summed E-state index contributed by atoms with van der Waals surface area (Å²) in [6.07, 6.45) is 2.35. The minimum atomic E-state index is -0.896. The minimum absolute atomic E-state index is 0.285. The van der Waals surface area contributed by atoms with Gasteiger partial charge >= 0.3 is 0 Å². The van der Waals surface area contributed by atoms with Gasteiger partial charge in [0, 0.05) is 24.9 Å². The van der Waals surface area contributed by atoms with Gasteiger partial charge in [0.05, 0.1) is 12.4 Å². The molecule has 0 bridgehead atoms. The summed E-state index contributed by atoms with van der Waals surface area (Å²) in [6, 6.07) is 18.6. The Hall–Kier alpha value is -4.34. The predicted molar refractivity (Wildman–Crippen MR) is 125 cm³/mol. The van der Waals surface area contributed by atoms with Crippen molar-refractivity contribution in [1.29, 1.82) is 0 Å². The molecule has 174 valence electrons. The number of amides is 4. The summed E-state index contributed by atoms with van der Waals surface area (Å²) < 4.78 is 0. The zero-order valence-electron chi connectivity index (χ0n) is 18.2. The first-order valence-electron chi connectivity index (χ1n) is 10.9. The van der Waals surface area contributed by atoms with Crippen LogP contribution in [-0.4, -0.2) is 49.1 Å². The highest BCUT2D eigenvalue weighted by Crippen LogP contribution is 2.30. The Kier molecular flexibility index (Phi) is 7.07. The summed E-state index contributed by atoms with van der Waals surface area (Å²) in [6.45, 7) is 0.744. The Labute approximate surface area is 195 Å². The topological polar surface area (TPSA) is 141 Å². The molecule has 2 aliphatic rings. The summed E-state index contributed by atoms with van der Waals surface area (Å²) >= 11 is 0. The average Bonchev–Trinajstić information content (AvgIpc) is 3.44. The van der Waals surface area contributed by atoms with Crippen LogP contribution in [0.15, 0.2) is 70.9 Å². The maximum absolute atomic E-state index is 12.5. The molecule has 2 aliphatic heterocycles. The lowest BCUT2D eigenvalue weighted by atomic mass is 9.88. The van der Waals surface area contributed by atoms with Gasteiger partial charge in [-0.1, -0.05) is 60.7 Å². The van der Waals surface area contributed by atoms with E-state index in [9.17, 15) is 19.2 Å². The first-order chi connectivity index (χ1) is 16.6. The molecule has 0 radical (unpaired) electrons. The monoisotopic (exact) mass is 460 g/mol. The van der Waals surface area contributed by atoms with Crippen LogP contribution >= 0.6 is 0 Å². The van der Waals surface area contributed by atoms with Crippen molar-refractivity contribution < 1.29 is 19.2 Å². The molecule has 0 aromatic heterocycles. The Morgan fingerprint density at radius 1 is 0.706 bits per heavy atom. The SMILES string of the molecule is O=C1NCC(c2ccccc2)C1C(=O)NN=CC=NNC(=O)C1C(=O)NCC1c1ccccc1. The zero-order valence-corrected chi connectivity index (χ0v) is 18.2. The Morgan fingerprint density at radius 3 is 1.47 bits per heavy atom. The van der Waals surface area contributed by atoms with E-state index >= 15 is 0 Å². The van der Waals surface area contributed by atoms with E-state index in [1.165, 1.54) is 12.4 Å². The van der Waals surface area contributed by atoms with E-state index in [1.54, 1.807) is 0 Å². The van der Waals surface area contributed by atoms with E-state index < -0.39 is 23.7 Å². The summed E-state index contributed by atoms with van der Waals surface area (Å²) in [7, 11) is 0. The largest absolute Gasteiger partial charge is 0.355 e. The molecule has 4 rings (SSSR count). The normalized spacial score (nSPS) is 24.2. The van der Waals surface area contributed by atoms with E-state index in [1.807, 2.05) is 60.7 Å². The standard InChI is InChI=1S/C24H24N6O4/c31-21-19(17(13-25-21)15-7-3-1-4-8-15)23(33)29-27-11-12-28-30-24(34)20-18(14-26-22(20)32)16-9-5-2-6-10-16/h1-12,17-20H,13-14H2,(H,25,31)(H,26,32)(H,29,33)(H,30,34). The molecule has 2 aromatic carbocycles. The zero-order chi connectivity index (χ0) is 23.9. The second-order valence-corrected chi connectivity index (χ2v) is 7.99. The van der Waals surface area contributed by atoms with Crippen molar-refractivity contribution in [3.63, 3.8) is 0 Å². The molecule has 4 N–H and O–H groups in total. The maximum atomic E-state index is 12.5. The first-order valence-corrected chi connectivity index (χ1v) is 10.9. The van der Waals surface area contributed by atoms with Crippen molar-refractivity contribution in [2.24, 2.45) is 22.0 Å². The first kappa shape index (κ1) is 22.8. The number of nitrogens with one attached hydrogen (secondary N) is 4. The summed E-state index contributed by atoms with van der Waals surface area (Å²) in [5, 5.41) is 13.0. The second kappa shape index (κ2) is 10.5. The third-order valence-electron chi connectivity index (χ3n) is 5.95. The number of nitrogens with zero attached hydrogens (tertiary/aromatic N) is 2. The third kappa shape index (κ3) is 5.01. The summed E-state index contributed by atoms with van der Waals surface area (Å²) in [5.41, 5.74) is 6.45. The highest BCUT2D eigenvalue weighted by atomic mass is 16.2. The van der Waals surface area contributed by atoms with Crippen LogP contribution in [0.4, 0.5) is 0 Å². The fourth-order valence-electron chi connectivity index (χ4n) is 4.27. The highest BCUT2D eigenvalue weighted by molar-refractivity contribution is 6.16. The molecule has 2 heterocycles. The van der Waals surface area contributed by atoms with Crippen molar-refractivity contribution in [3.05, 3.63) is 71.8 Å². The number of rotatable bonds is 7. The quantitative estimate of drug-likeness (QED) is 0.267. The van der Waals surface area contributed by atoms with Crippen molar-refractivity contribution >= 4 is 36.1 Å². The lowest BCUT2D eigenvalue weighted by Crippen LogP contribution is -2.35. The van der Waals surface area contributed by atoms with Gasteiger partial charge in [0.1, 0.15) is 11.8 Å². The molecule has 0 aliphatic carbocycles. The lowest BCUT2D eigenvalue weighted by molar-refractivity contribution is -0.135. The van der Waals surface area contributed by atoms with Gasteiger partial charge in [-0.3, -0.25) is 19.2 Å². The molecule has 34 heavy (non-hydrogen) atoms. The molecule has 10 heteroatoms. The van der Waals surface area contributed by atoms with Crippen LogP contribution in [0, 0.1) is 11.8 Å². The van der Waals surface area contributed by atoms with E-state index in [-0.39, 0.29) is 23.7 Å². The molecular weight excluding hydrogens is 436 g/mol.